The molecule has 1 aromatic carbocycles. The minimum absolute atomic E-state index is 0.153. The maximum absolute atomic E-state index is 11.9. The molecule has 2 atom stereocenters. The molecule has 1 saturated heterocycles. The van der Waals surface area contributed by atoms with Crippen molar-refractivity contribution in [1.82, 2.24) is 5.32 Å². The summed E-state index contributed by atoms with van der Waals surface area (Å²) in [5.74, 6) is 0. The molecule has 5 heteroatoms. The number of aryl methyl sites for hydroxylation is 1. The molecule has 2 rings (SSSR count). The van der Waals surface area contributed by atoms with Crippen LogP contribution in [0.3, 0.4) is 0 Å². The smallest absolute Gasteiger partial charge is 0.408 e. The van der Waals surface area contributed by atoms with Gasteiger partial charge in [0.25, 0.3) is 0 Å². The molecule has 1 aromatic rings. The van der Waals surface area contributed by atoms with Gasteiger partial charge in [0, 0.05) is 4.90 Å². The number of carbonyl (C=O) groups is 2. The number of alkyl carbamates (subject to hydrolysis) is 1. The number of hydrogen-bond acceptors (Lipinski definition) is 4. The molecular formula is C12H13NO3S. The van der Waals surface area contributed by atoms with Gasteiger partial charge in [-0.1, -0.05) is 17.7 Å². The first-order valence-electron chi connectivity index (χ1n) is 5.32. The summed E-state index contributed by atoms with van der Waals surface area (Å²) in [6.45, 7) is 3.74. The van der Waals surface area contributed by atoms with E-state index in [0.29, 0.717) is 0 Å². The zero-order valence-electron chi connectivity index (χ0n) is 9.60. The van der Waals surface area contributed by atoms with Crippen molar-refractivity contribution in [2.75, 3.05) is 0 Å². The molecule has 0 saturated carbocycles. The van der Waals surface area contributed by atoms with Crippen molar-refractivity contribution in [2.24, 2.45) is 0 Å². The number of cyclic esters (lactones) is 1. The first kappa shape index (κ1) is 12.0. The highest BCUT2D eigenvalue weighted by atomic mass is 32.2. The summed E-state index contributed by atoms with van der Waals surface area (Å²) in [6, 6.07) is 7.38. The summed E-state index contributed by atoms with van der Waals surface area (Å²) in [5.41, 5.74) is 1.14. The summed E-state index contributed by atoms with van der Waals surface area (Å²) >= 11 is 1.10. The summed E-state index contributed by atoms with van der Waals surface area (Å²) in [6.07, 6.45) is -1.23. The van der Waals surface area contributed by atoms with Gasteiger partial charge < -0.3 is 10.1 Å². The van der Waals surface area contributed by atoms with Crippen molar-refractivity contribution in [3.05, 3.63) is 29.8 Å². The average Bonchev–Trinajstić information content (AvgIpc) is 2.61. The van der Waals surface area contributed by atoms with Crippen molar-refractivity contribution >= 4 is 23.0 Å². The molecule has 1 aliphatic heterocycles. The van der Waals surface area contributed by atoms with Crippen LogP contribution in [-0.4, -0.2) is 23.4 Å². The van der Waals surface area contributed by atoms with Crippen LogP contribution >= 0.6 is 11.8 Å². The number of carbonyl (C=O) groups excluding carboxylic acids is 2. The predicted octanol–water partition coefficient (Wildman–Crippen LogP) is 2.11. The zero-order chi connectivity index (χ0) is 12.4. The Morgan fingerprint density at radius 1 is 1.35 bits per heavy atom. The Bertz CT molecular complexity index is 444. The van der Waals surface area contributed by atoms with Gasteiger partial charge in [-0.25, -0.2) is 4.79 Å². The van der Waals surface area contributed by atoms with Gasteiger partial charge in [0.1, 0.15) is 0 Å². The van der Waals surface area contributed by atoms with E-state index in [1.165, 1.54) is 0 Å². The average molecular weight is 251 g/mol. The van der Waals surface area contributed by atoms with Crippen LogP contribution in [0.4, 0.5) is 4.79 Å². The number of thioether (sulfide) groups is 1. The van der Waals surface area contributed by atoms with E-state index in [9.17, 15) is 9.59 Å². The largest absolute Gasteiger partial charge is 0.435 e. The third-order valence-electron chi connectivity index (χ3n) is 2.51. The van der Waals surface area contributed by atoms with Crippen LogP contribution in [0.2, 0.25) is 0 Å². The van der Waals surface area contributed by atoms with Crippen LogP contribution in [0.25, 0.3) is 0 Å². The molecule has 4 nitrogen and oxygen atoms in total. The van der Waals surface area contributed by atoms with Gasteiger partial charge >= 0.3 is 6.09 Å². The monoisotopic (exact) mass is 251 g/mol. The summed E-state index contributed by atoms with van der Waals surface area (Å²) in [4.78, 5) is 23.7. The fraction of sp³-hybridized carbons (Fsp3) is 0.333. The van der Waals surface area contributed by atoms with E-state index in [0.717, 1.165) is 22.2 Å². The Balaban J connectivity index is 2.02. The first-order valence-corrected chi connectivity index (χ1v) is 6.13. The van der Waals surface area contributed by atoms with Crippen LogP contribution in [0.15, 0.2) is 29.2 Å². The van der Waals surface area contributed by atoms with Crippen LogP contribution in [0.5, 0.6) is 0 Å². The summed E-state index contributed by atoms with van der Waals surface area (Å²) in [7, 11) is 0. The Hall–Kier alpha value is -1.49. The molecule has 1 amide bonds. The molecular weight excluding hydrogens is 238 g/mol. The van der Waals surface area contributed by atoms with Crippen molar-refractivity contribution in [3.63, 3.8) is 0 Å². The lowest BCUT2D eigenvalue weighted by atomic mass is 10.2. The van der Waals surface area contributed by atoms with Crippen molar-refractivity contribution in [3.8, 4) is 0 Å². The minimum Gasteiger partial charge on any atom is -0.435 e. The number of nitrogens with one attached hydrogen (secondary N) is 1. The van der Waals surface area contributed by atoms with Crippen LogP contribution in [0.1, 0.15) is 12.5 Å². The molecule has 1 fully saturated rings. The first-order chi connectivity index (χ1) is 8.06. The second kappa shape index (κ2) is 4.79. The van der Waals surface area contributed by atoms with E-state index in [-0.39, 0.29) is 11.2 Å². The molecule has 1 aliphatic rings. The molecule has 17 heavy (non-hydrogen) atoms. The van der Waals surface area contributed by atoms with E-state index >= 15 is 0 Å². The van der Waals surface area contributed by atoms with E-state index < -0.39 is 12.2 Å². The lowest BCUT2D eigenvalue weighted by Crippen LogP contribution is -2.32. The van der Waals surface area contributed by atoms with Crippen molar-refractivity contribution < 1.29 is 14.3 Å². The quantitative estimate of drug-likeness (QED) is 0.818. The van der Waals surface area contributed by atoms with Gasteiger partial charge in [0.15, 0.2) is 6.10 Å². The standard InChI is InChI=1S/C12H13NO3S/c1-7-3-5-9(6-4-7)17-11(14)10-8(2)13-12(15)16-10/h3-6,8,10H,1-2H3,(H,13,15)/t8-,10-/m0/s1. The minimum atomic E-state index is -0.700. The van der Waals surface area contributed by atoms with Gasteiger partial charge in [-0.3, -0.25) is 4.79 Å². The second-order valence-electron chi connectivity index (χ2n) is 3.99. The number of benzene rings is 1. The molecule has 0 radical (unpaired) electrons. The Kier molecular flexibility index (Phi) is 3.38. The topological polar surface area (TPSA) is 55.4 Å². The number of ether oxygens (including phenoxy) is 1. The molecule has 0 bridgehead atoms. The zero-order valence-corrected chi connectivity index (χ0v) is 10.4. The van der Waals surface area contributed by atoms with Crippen molar-refractivity contribution in [2.45, 2.75) is 30.9 Å². The molecule has 0 unspecified atom stereocenters. The number of rotatable bonds is 2. The lowest BCUT2D eigenvalue weighted by Gasteiger charge is -2.10. The Morgan fingerprint density at radius 3 is 2.53 bits per heavy atom. The Labute approximate surface area is 104 Å². The number of hydrogen-bond donors (Lipinski definition) is 1. The predicted molar refractivity (Wildman–Crippen MR) is 64.9 cm³/mol. The Morgan fingerprint density at radius 2 is 2.00 bits per heavy atom. The highest BCUT2D eigenvalue weighted by molar-refractivity contribution is 8.13. The van der Waals surface area contributed by atoms with Gasteiger partial charge in [-0.2, -0.15) is 0 Å². The molecule has 90 valence electrons. The second-order valence-corrected chi connectivity index (χ2v) is 5.07. The van der Waals surface area contributed by atoms with Crippen LogP contribution in [0, 0.1) is 6.92 Å². The molecule has 0 spiro atoms. The summed E-state index contributed by atoms with van der Waals surface area (Å²) in [5, 5.41) is 2.39. The maximum atomic E-state index is 11.9. The van der Waals surface area contributed by atoms with E-state index in [1.807, 2.05) is 31.2 Å². The van der Waals surface area contributed by atoms with Gasteiger partial charge in [0.2, 0.25) is 5.12 Å². The van der Waals surface area contributed by atoms with E-state index in [4.69, 9.17) is 4.74 Å². The highest BCUT2D eigenvalue weighted by Gasteiger charge is 2.36. The van der Waals surface area contributed by atoms with E-state index in [2.05, 4.69) is 5.32 Å². The van der Waals surface area contributed by atoms with E-state index in [1.54, 1.807) is 6.92 Å². The molecule has 1 N–H and O–H groups in total. The lowest BCUT2D eigenvalue weighted by molar-refractivity contribution is -0.117. The van der Waals surface area contributed by atoms with Gasteiger partial charge in [-0.15, -0.1) is 0 Å². The van der Waals surface area contributed by atoms with Gasteiger partial charge in [0.05, 0.1) is 6.04 Å². The van der Waals surface area contributed by atoms with Gasteiger partial charge in [-0.05, 0) is 37.7 Å². The fourth-order valence-corrected chi connectivity index (χ4v) is 2.42. The highest BCUT2D eigenvalue weighted by Crippen LogP contribution is 2.24. The number of amides is 1. The normalized spacial score (nSPS) is 23.1. The van der Waals surface area contributed by atoms with Crippen LogP contribution in [-0.2, 0) is 9.53 Å². The maximum Gasteiger partial charge on any atom is 0.408 e. The molecule has 1 heterocycles. The SMILES string of the molecule is Cc1ccc(SC(=O)[C@H]2OC(=O)N[C@H]2C)cc1. The fourth-order valence-electron chi connectivity index (χ4n) is 1.55. The third-order valence-corrected chi connectivity index (χ3v) is 3.45. The van der Waals surface area contributed by atoms with Crippen LogP contribution < -0.4 is 5.32 Å². The molecule has 0 aliphatic carbocycles. The summed E-state index contributed by atoms with van der Waals surface area (Å²) < 4.78 is 4.91. The molecule has 0 aromatic heterocycles. The third kappa shape index (κ3) is 2.79. The van der Waals surface area contributed by atoms with Crippen molar-refractivity contribution in [1.29, 1.82) is 0 Å².